The van der Waals surface area contributed by atoms with E-state index in [-0.39, 0.29) is 0 Å². The Hall–Kier alpha value is -1.71. The number of fused-ring (bicyclic) bond motifs is 1. The minimum Gasteiger partial charge on any atom is -0.0843 e. The lowest BCUT2D eigenvalue weighted by molar-refractivity contribution is 0.113. The van der Waals surface area contributed by atoms with Gasteiger partial charge in [-0.25, -0.2) is 0 Å². The molecule has 2 aromatic carbocycles. The fourth-order valence-corrected chi connectivity index (χ4v) is 5.88. The molecule has 4 atom stereocenters. The summed E-state index contributed by atoms with van der Waals surface area (Å²) in [6, 6.07) is 16.8. The van der Waals surface area contributed by atoms with Crippen molar-refractivity contribution in [1.82, 2.24) is 0 Å². The minimum absolute atomic E-state index is 0.751. The summed E-state index contributed by atoms with van der Waals surface area (Å²) in [6.45, 7) is 2.32. The second kappa shape index (κ2) is 10.5. The quantitative estimate of drug-likeness (QED) is 0.336. The highest BCUT2D eigenvalue weighted by Crippen LogP contribution is 2.48. The van der Waals surface area contributed by atoms with E-state index in [1.54, 1.807) is 0 Å². The Morgan fingerprint density at radius 3 is 2.10 bits per heavy atom. The molecule has 2 saturated carbocycles. The summed E-state index contributed by atoms with van der Waals surface area (Å²) >= 11 is 5.95. The largest absolute Gasteiger partial charge is 0.0843 e. The predicted octanol–water partition coefficient (Wildman–Crippen LogP) is 8.62. The fourth-order valence-electron chi connectivity index (χ4n) is 5.75. The normalized spacial score (nSPS) is 25.8. The van der Waals surface area contributed by atoms with Gasteiger partial charge in [-0.3, -0.25) is 0 Å². The lowest BCUT2D eigenvalue weighted by Gasteiger charge is -2.42. The number of unbranched alkanes of at least 4 members (excludes halogenated alkanes) is 2. The minimum atomic E-state index is 0.751. The Bertz CT molecular complexity index is 852. The molecule has 2 aliphatic carbocycles. The van der Waals surface area contributed by atoms with Crippen LogP contribution in [0, 0.1) is 29.6 Å². The Kier molecular flexibility index (Phi) is 7.57. The van der Waals surface area contributed by atoms with Crippen molar-refractivity contribution in [3.05, 3.63) is 70.2 Å². The first-order valence-corrected chi connectivity index (χ1v) is 12.5. The molecule has 0 heterocycles. The van der Waals surface area contributed by atoms with Crippen molar-refractivity contribution < 1.29 is 0 Å². The van der Waals surface area contributed by atoms with Crippen LogP contribution in [-0.4, -0.2) is 0 Å². The van der Waals surface area contributed by atoms with Gasteiger partial charge in [0.2, 0.25) is 0 Å². The third-order valence-electron chi connectivity index (χ3n) is 7.52. The standard InChI is InChI=1S/C29H35Cl/c1-2-3-4-5-24-10-15-28-21-27(17-16-26(28)20-24)25-13-8-22(9-14-25)6-7-23-11-18-29(30)19-12-23/h8-9,11-14,18-19,24,26-28H,2-5,10,15-17,20-21H2,1H3/t24?,26-,27-,28-/m1/s1. The molecule has 1 heteroatoms. The van der Waals surface area contributed by atoms with Crippen LogP contribution in [0.25, 0.3) is 0 Å². The molecule has 4 rings (SSSR count). The summed E-state index contributed by atoms with van der Waals surface area (Å²) < 4.78 is 0. The molecule has 1 unspecified atom stereocenters. The molecule has 30 heavy (non-hydrogen) atoms. The maximum Gasteiger partial charge on any atom is 0.0406 e. The average molecular weight is 419 g/mol. The van der Waals surface area contributed by atoms with Crippen LogP contribution in [0.15, 0.2) is 48.5 Å². The van der Waals surface area contributed by atoms with Gasteiger partial charge in [0, 0.05) is 16.1 Å². The summed E-state index contributed by atoms with van der Waals surface area (Å²) in [7, 11) is 0. The number of hydrogen-bond acceptors (Lipinski definition) is 0. The van der Waals surface area contributed by atoms with Crippen molar-refractivity contribution in [3.8, 4) is 11.8 Å². The average Bonchev–Trinajstić information content (AvgIpc) is 2.79. The van der Waals surface area contributed by atoms with Gasteiger partial charge in [0.15, 0.2) is 0 Å². The first-order chi connectivity index (χ1) is 14.7. The molecule has 0 N–H and O–H groups in total. The van der Waals surface area contributed by atoms with E-state index >= 15 is 0 Å². The van der Waals surface area contributed by atoms with Crippen molar-refractivity contribution in [2.24, 2.45) is 17.8 Å². The molecule has 2 fully saturated rings. The third kappa shape index (κ3) is 5.70. The highest BCUT2D eigenvalue weighted by molar-refractivity contribution is 6.30. The van der Waals surface area contributed by atoms with Gasteiger partial charge in [-0.15, -0.1) is 0 Å². The van der Waals surface area contributed by atoms with Crippen molar-refractivity contribution >= 4 is 11.6 Å². The second-order valence-corrected chi connectivity index (χ2v) is 10.0. The van der Waals surface area contributed by atoms with Gasteiger partial charge >= 0.3 is 0 Å². The molecule has 2 aromatic rings. The highest BCUT2D eigenvalue weighted by atomic mass is 35.5. The Morgan fingerprint density at radius 1 is 0.767 bits per heavy atom. The second-order valence-electron chi connectivity index (χ2n) is 9.58. The van der Waals surface area contributed by atoms with E-state index < -0.39 is 0 Å². The van der Waals surface area contributed by atoms with Crippen molar-refractivity contribution in [2.45, 2.75) is 77.0 Å². The number of hydrogen-bond donors (Lipinski definition) is 0. The van der Waals surface area contributed by atoms with Crippen LogP contribution in [0.1, 0.15) is 93.7 Å². The van der Waals surface area contributed by atoms with Crippen LogP contribution in [0.4, 0.5) is 0 Å². The number of rotatable bonds is 5. The molecule has 0 amide bonds. The van der Waals surface area contributed by atoms with E-state index in [4.69, 9.17) is 11.6 Å². The summed E-state index contributed by atoms with van der Waals surface area (Å²) in [4.78, 5) is 0. The van der Waals surface area contributed by atoms with E-state index in [2.05, 4.69) is 43.0 Å². The molecule has 0 nitrogen and oxygen atoms in total. The highest BCUT2D eigenvalue weighted by Gasteiger charge is 2.35. The van der Waals surface area contributed by atoms with Crippen LogP contribution in [0.2, 0.25) is 5.02 Å². The van der Waals surface area contributed by atoms with Gasteiger partial charge in [-0.05, 0) is 97.7 Å². The van der Waals surface area contributed by atoms with Gasteiger partial charge in [-0.2, -0.15) is 0 Å². The first kappa shape index (κ1) is 21.5. The van der Waals surface area contributed by atoms with Gasteiger partial charge in [-0.1, -0.05) is 74.6 Å². The molecule has 0 bridgehead atoms. The monoisotopic (exact) mass is 418 g/mol. The Balaban J connectivity index is 1.31. The molecule has 0 radical (unpaired) electrons. The molecule has 2 aliphatic rings. The van der Waals surface area contributed by atoms with Crippen LogP contribution < -0.4 is 0 Å². The Morgan fingerprint density at radius 2 is 1.40 bits per heavy atom. The van der Waals surface area contributed by atoms with Gasteiger partial charge < -0.3 is 0 Å². The summed E-state index contributed by atoms with van der Waals surface area (Å²) in [5.41, 5.74) is 3.62. The summed E-state index contributed by atoms with van der Waals surface area (Å²) in [5.74, 6) is 10.3. The van der Waals surface area contributed by atoms with Crippen molar-refractivity contribution in [2.75, 3.05) is 0 Å². The maximum absolute atomic E-state index is 5.95. The fraction of sp³-hybridized carbons (Fsp3) is 0.517. The van der Waals surface area contributed by atoms with E-state index in [0.29, 0.717) is 0 Å². The lowest BCUT2D eigenvalue weighted by atomic mass is 9.63. The smallest absolute Gasteiger partial charge is 0.0406 e. The molecule has 0 aromatic heterocycles. The predicted molar refractivity (Wildman–Crippen MR) is 129 cm³/mol. The van der Waals surface area contributed by atoms with E-state index in [9.17, 15) is 0 Å². The van der Waals surface area contributed by atoms with Gasteiger partial charge in [0.25, 0.3) is 0 Å². The zero-order valence-corrected chi connectivity index (χ0v) is 19.1. The molecule has 0 spiro atoms. The zero-order valence-electron chi connectivity index (χ0n) is 18.4. The first-order valence-electron chi connectivity index (χ1n) is 12.1. The van der Waals surface area contributed by atoms with E-state index in [0.717, 1.165) is 39.8 Å². The van der Waals surface area contributed by atoms with Gasteiger partial charge in [0.05, 0.1) is 0 Å². The van der Waals surface area contributed by atoms with Crippen molar-refractivity contribution in [1.29, 1.82) is 0 Å². The zero-order chi connectivity index (χ0) is 20.8. The molecule has 0 saturated heterocycles. The summed E-state index contributed by atoms with van der Waals surface area (Å²) in [5, 5.41) is 0.754. The van der Waals surface area contributed by atoms with Crippen LogP contribution >= 0.6 is 11.6 Å². The maximum atomic E-state index is 5.95. The van der Waals surface area contributed by atoms with Crippen LogP contribution in [0.5, 0.6) is 0 Å². The molecule has 158 valence electrons. The van der Waals surface area contributed by atoms with E-state index in [1.807, 2.05) is 24.3 Å². The summed E-state index contributed by atoms with van der Waals surface area (Å²) in [6.07, 6.45) is 14.4. The van der Waals surface area contributed by atoms with Gasteiger partial charge in [0.1, 0.15) is 0 Å². The van der Waals surface area contributed by atoms with Crippen LogP contribution in [0.3, 0.4) is 0 Å². The van der Waals surface area contributed by atoms with E-state index in [1.165, 1.54) is 69.8 Å². The topological polar surface area (TPSA) is 0 Å². The third-order valence-corrected chi connectivity index (χ3v) is 7.77. The number of benzene rings is 2. The SMILES string of the molecule is CCCCCC1CC[C@@H]2C[C@H](c3ccc(C#Cc4ccc(Cl)cc4)cc3)CC[C@@H]2C1. The Labute approximate surface area is 188 Å². The molecular formula is C29H35Cl. The van der Waals surface area contributed by atoms with Crippen molar-refractivity contribution in [3.63, 3.8) is 0 Å². The molecule has 0 aliphatic heterocycles. The molecular weight excluding hydrogens is 384 g/mol. The lowest BCUT2D eigenvalue weighted by Crippen LogP contribution is -2.30. The number of halogens is 1. The van der Waals surface area contributed by atoms with Crippen LogP contribution in [-0.2, 0) is 0 Å².